The van der Waals surface area contributed by atoms with Crippen LogP contribution in [0, 0.1) is 0 Å². The second-order valence-corrected chi connectivity index (χ2v) is 27.0. The molecule has 2 unspecified atom stereocenters. The second-order valence-electron chi connectivity index (χ2n) is 27.0. The molecule has 0 saturated heterocycles. The molecule has 0 heterocycles. The summed E-state index contributed by atoms with van der Waals surface area (Å²) in [7, 11) is 0. The first kappa shape index (κ1) is 84.8. The number of rotatable bonds is 74. The number of unbranched alkanes of at least 4 members (excludes halogenated alkanes) is 57. The Morgan fingerprint density at radius 1 is 0.322 bits per heavy atom. The monoisotopic (exact) mass is 1220 g/mol. The Morgan fingerprint density at radius 2 is 0.575 bits per heavy atom. The van der Waals surface area contributed by atoms with Gasteiger partial charge in [-0.2, -0.15) is 0 Å². The molecule has 0 aliphatic heterocycles. The van der Waals surface area contributed by atoms with Crippen molar-refractivity contribution in [3.05, 3.63) is 48.6 Å². The number of allylic oxidation sites excluding steroid dienone is 7. The van der Waals surface area contributed by atoms with E-state index in [1.165, 1.54) is 353 Å². The van der Waals surface area contributed by atoms with Crippen LogP contribution >= 0.6 is 0 Å². The smallest absolute Gasteiger partial charge is 0.305 e. The second kappa shape index (κ2) is 76.3. The van der Waals surface area contributed by atoms with Crippen molar-refractivity contribution in [1.29, 1.82) is 0 Å². The van der Waals surface area contributed by atoms with Gasteiger partial charge in [0.05, 0.1) is 25.4 Å². The standard InChI is InChI=1S/C81H153NO5/c1-3-5-7-9-11-13-15-17-19-21-39-42-45-49-53-57-61-65-69-73-79(84)78(77-83)82-80(85)74-70-66-62-58-54-50-46-43-40-37-35-33-31-29-27-25-23-22-24-26-28-30-32-34-36-38-41-44-48-52-56-60-64-68-72-76-87-81(86)75-71-67-63-59-55-51-47-20-18-16-14-12-10-8-6-4-2/h20,24,26,30,32,47,69,73,78-79,83-84H,3-19,21-23,25,27-29,31,33-46,48-68,70-72,74-77H2,1-2H3,(H,82,85)/b26-24-,32-30-,47-20-,73-69+. The number of aliphatic hydroxyl groups excluding tert-OH is 2. The summed E-state index contributed by atoms with van der Waals surface area (Å²) in [6.45, 7) is 4.94. The predicted molar refractivity (Wildman–Crippen MR) is 384 cm³/mol. The Hall–Kier alpha value is -2.18. The van der Waals surface area contributed by atoms with Crippen LogP contribution < -0.4 is 5.32 Å². The van der Waals surface area contributed by atoms with Crippen molar-refractivity contribution in [3.8, 4) is 0 Å². The van der Waals surface area contributed by atoms with Crippen LogP contribution in [0.15, 0.2) is 48.6 Å². The van der Waals surface area contributed by atoms with E-state index < -0.39 is 12.1 Å². The Balaban J connectivity index is 3.39. The molecule has 0 aromatic heterocycles. The summed E-state index contributed by atoms with van der Waals surface area (Å²) >= 11 is 0. The molecule has 0 radical (unpaired) electrons. The van der Waals surface area contributed by atoms with E-state index in [1.54, 1.807) is 6.08 Å². The highest BCUT2D eigenvalue weighted by Gasteiger charge is 2.18. The van der Waals surface area contributed by atoms with Gasteiger partial charge in [-0.15, -0.1) is 0 Å². The number of ether oxygens (including phenoxy) is 1. The van der Waals surface area contributed by atoms with Gasteiger partial charge in [0.15, 0.2) is 0 Å². The lowest BCUT2D eigenvalue weighted by molar-refractivity contribution is -0.143. The molecule has 0 aromatic rings. The third kappa shape index (κ3) is 72.8. The molecule has 0 saturated carbocycles. The molecule has 2 atom stereocenters. The Kier molecular flexibility index (Phi) is 74.4. The molecule has 3 N–H and O–H groups in total. The highest BCUT2D eigenvalue weighted by atomic mass is 16.5. The fourth-order valence-corrected chi connectivity index (χ4v) is 12.3. The van der Waals surface area contributed by atoms with E-state index in [2.05, 4.69) is 55.6 Å². The van der Waals surface area contributed by atoms with Crippen LogP contribution in [0.5, 0.6) is 0 Å². The van der Waals surface area contributed by atoms with E-state index in [9.17, 15) is 19.8 Å². The van der Waals surface area contributed by atoms with Crippen molar-refractivity contribution in [2.24, 2.45) is 0 Å². The van der Waals surface area contributed by atoms with Gasteiger partial charge < -0.3 is 20.3 Å². The summed E-state index contributed by atoms with van der Waals surface area (Å²) in [4.78, 5) is 24.6. The number of nitrogens with one attached hydrogen (secondary N) is 1. The van der Waals surface area contributed by atoms with Crippen molar-refractivity contribution in [2.45, 2.75) is 443 Å². The number of carbonyl (C=O) groups is 2. The number of amides is 1. The number of hydrogen-bond donors (Lipinski definition) is 3. The van der Waals surface area contributed by atoms with Crippen LogP contribution in [-0.4, -0.2) is 47.4 Å². The SMILES string of the molecule is CCCCCCCCC/C=C\CCCCCCCC(=O)OCCCCCCCCCCCCC/C=C\C/C=C\CCCCCCCCCCCCCCCCCCCC(=O)NC(CO)C(O)/C=C/CCCCCCCCCCCCCCCCCCC. The van der Waals surface area contributed by atoms with Gasteiger partial charge in [0.2, 0.25) is 5.91 Å². The Bertz CT molecular complexity index is 1450. The lowest BCUT2D eigenvalue weighted by Crippen LogP contribution is -2.45. The minimum atomic E-state index is -0.844. The molecule has 6 nitrogen and oxygen atoms in total. The van der Waals surface area contributed by atoms with Crippen LogP contribution in [-0.2, 0) is 14.3 Å². The predicted octanol–water partition coefficient (Wildman–Crippen LogP) is 26.0. The van der Waals surface area contributed by atoms with Gasteiger partial charge in [0.1, 0.15) is 0 Å². The van der Waals surface area contributed by atoms with Crippen molar-refractivity contribution in [1.82, 2.24) is 5.32 Å². The maximum atomic E-state index is 12.5. The maximum absolute atomic E-state index is 12.5. The highest BCUT2D eigenvalue weighted by Crippen LogP contribution is 2.19. The van der Waals surface area contributed by atoms with E-state index >= 15 is 0 Å². The van der Waals surface area contributed by atoms with Gasteiger partial charge in [-0.25, -0.2) is 0 Å². The lowest BCUT2D eigenvalue weighted by atomic mass is 10.0. The third-order valence-electron chi connectivity index (χ3n) is 18.3. The number of carbonyl (C=O) groups excluding carboxylic acids is 2. The minimum absolute atomic E-state index is 0.00961. The molecule has 87 heavy (non-hydrogen) atoms. The Labute approximate surface area is 544 Å². The molecule has 0 fully saturated rings. The lowest BCUT2D eigenvalue weighted by Gasteiger charge is -2.20. The molecule has 6 heteroatoms. The normalized spacial score (nSPS) is 12.7. The molecular weight excluding hydrogens is 1070 g/mol. The van der Waals surface area contributed by atoms with Gasteiger partial charge in [-0.3, -0.25) is 9.59 Å². The molecule has 0 aliphatic rings. The zero-order valence-corrected chi connectivity index (χ0v) is 58.8. The van der Waals surface area contributed by atoms with E-state index in [0.717, 1.165) is 51.4 Å². The number of aliphatic hydroxyl groups is 2. The minimum Gasteiger partial charge on any atom is -0.466 e. The van der Waals surface area contributed by atoms with Crippen molar-refractivity contribution >= 4 is 11.9 Å². The van der Waals surface area contributed by atoms with E-state index in [-0.39, 0.29) is 18.5 Å². The van der Waals surface area contributed by atoms with Crippen LogP contribution in [0.3, 0.4) is 0 Å². The summed E-state index contributed by atoms with van der Waals surface area (Å²) in [6.07, 6.45) is 101. The fraction of sp³-hybridized carbons (Fsp3) is 0.877. The summed E-state index contributed by atoms with van der Waals surface area (Å²) in [6, 6.07) is -0.627. The molecular formula is C81H153NO5. The average Bonchev–Trinajstić information content (AvgIpc) is 3.53. The van der Waals surface area contributed by atoms with Gasteiger partial charge in [0, 0.05) is 12.8 Å². The summed E-state index contributed by atoms with van der Waals surface area (Å²) < 4.78 is 5.50. The molecule has 1 amide bonds. The van der Waals surface area contributed by atoms with Crippen LogP contribution in [0.4, 0.5) is 0 Å². The first-order chi connectivity index (χ1) is 43.0. The first-order valence-corrected chi connectivity index (χ1v) is 39.4. The topological polar surface area (TPSA) is 95.9 Å². The molecule has 0 spiro atoms. The number of esters is 1. The first-order valence-electron chi connectivity index (χ1n) is 39.4. The quantitative estimate of drug-likeness (QED) is 0.0320. The van der Waals surface area contributed by atoms with Gasteiger partial charge in [-0.05, 0) is 89.9 Å². The van der Waals surface area contributed by atoms with E-state index in [4.69, 9.17) is 4.74 Å². The zero-order chi connectivity index (χ0) is 62.8. The third-order valence-corrected chi connectivity index (χ3v) is 18.3. The molecule has 0 aromatic carbocycles. The average molecular weight is 1220 g/mol. The molecule has 0 rings (SSSR count). The van der Waals surface area contributed by atoms with E-state index in [1.807, 2.05) is 6.08 Å². The van der Waals surface area contributed by atoms with Crippen LogP contribution in [0.1, 0.15) is 431 Å². The fourth-order valence-electron chi connectivity index (χ4n) is 12.3. The zero-order valence-electron chi connectivity index (χ0n) is 58.8. The molecule has 512 valence electrons. The van der Waals surface area contributed by atoms with Crippen LogP contribution in [0.25, 0.3) is 0 Å². The van der Waals surface area contributed by atoms with Gasteiger partial charge in [0.25, 0.3) is 0 Å². The largest absolute Gasteiger partial charge is 0.466 e. The van der Waals surface area contributed by atoms with E-state index in [0.29, 0.717) is 19.4 Å². The van der Waals surface area contributed by atoms with Crippen molar-refractivity contribution in [2.75, 3.05) is 13.2 Å². The molecule has 0 aliphatic carbocycles. The van der Waals surface area contributed by atoms with Crippen LogP contribution in [0.2, 0.25) is 0 Å². The molecule has 0 bridgehead atoms. The maximum Gasteiger partial charge on any atom is 0.305 e. The summed E-state index contributed by atoms with van der Waals surface area (Å²) in [5.41, 5.74) is 0. The Morgan fingerprint density at radius 3 is 0.885 bits per heavy atom. The highest BCUT2D eigenvalue weighted by molar-refractivity contribution is 5.76. The van der Waals surface area contributed by atoms with Gasteiger partial charge >= 0.3 is 5.97 Å². The van der Waals surface area contributed by atoms with Crippen molar-refractivity contribution in [3.63, 3.8) is 0 Å². The number of hydrogen-bond acceptors (Lipinski definition) is 5. The van der Waals surface area contributed by atoms with Crippen molar-refractivity contribution < 1.29 is 24.5 Å². The summed E-state index contributed by atoms with van der Waals surface area (Å²) in [5.74, 6) is -0.0525. The summed E-state index contributed by atoms with van der Waals surface area (Å²) in [5, 5.41) is 23.3. The van der Waals surface area contributed by atoms with Gasteiger partial charge in [-0.1, -0.05) is 377 Å².